The Bertz CT molecular complexity index is 182. The average molecular weight is 185 g/mol. The van der Waals surface area contributed by atoms with Crippen molar-refractivity contribution in [2.24, 2.45) is 0 Å². The molecule has 1 aliphatic heterocycles. The fourth-order valence-corrected chi connectivity index (χ4v) is 1.71. The van der Waals surface area contributed by atoms with Crippen LogP contribution in [-0.4, -0.2) is 37.1 Å². The predicted molar refractivity (Wildman–Crippen MR) is 51.5 cm³/mol. The van der Waals surface area contributed by atoms with Gasteiger partial charge in [0.05, 0.1) is 6.10 Å². The molecule has 1 rings (SSSR count). The Labute approximate surface area is 80.1 Å². The molecule has 0 saturated carbocycles. The summed E-state index contributed by atoms with van der Waals surface area (Å²) in [7, 11) is 3.62. The van der Waals surface area contributed by atoms with E-state index in [1.54, 1.807) is 7.11 Å². The minimum atomic E-state index is 0.245. The smallest absolute Gasteiger partial charge is 0.222 e. The third-order valence-electron chi connectivity index (χ3n) is 2.97. The van der Waals surface area contributed by atoms with Gasteiger partial charge in [0, 0.05) is 26.6 Å². The molecule has 0 aromatic carbocycles. The fourth-order valence-electron chi connectivity index (χ4n) is 1.71. The van der Waals surface area contributed by atoms with Crippen LogP contribution in [0.4, 0.5) is 0 Å². The summed E-state index contributed by atoms with van der Waals surface area (Å²) in [6.07, 6.45) is 3.88. The van der Waals surface area contributed by atoms with Crippen LogP contribution in [0.2, 0.25) is 0 Å². The van der Waals surface area contributed by atoms with Crippen LogP contribution in [0.25, 0.3) is 0 Å². The minimum absolute atomic E-state index is 0.245. The molecule has 0 aliphatic carbocycles. The lowest BCUT2D eigenvalue weighted by Gasteiger charge is -2.29. The third-order valence-corrected chi connectivity index (χ3v) is 2.97. The van der Waals surface area contributed by atoms with E-state index in [0.717, 1.165) is 19.3 Å². The number of rotatable bonds is 1. The maximum atomic E-state index is 11.5. The number of hydrogen-bond acceptors (Lipinski definition) is 2. The Morgan fingerprint density at radius 3 is 2.69 bits per heavy atom. The molecule has 0 bridgehead atoms. The van der Waals surface area contributed by atoms with Crippen LogP contribution < -0.4 is 0 Å². The summed E-state index contributed by atoms with van der Waals surface area (Å²) >= 11 is 0. The second kappa shape index (κ2) is 4.61. The molecule has 3 nitrogen and oxygen atoms in total. The van der Waals surface area contributed by atoms with E-state index in [2.05, 4.69) is 6.92 Å². The van der Waals surface area contributed by atoms with E-state index in [1.165, 1.54) is 0 Å². The Kier molecular flexibility index (Phi) is 3.72. The molecule has 1 heterocycles. The van der Waals surface area contributed by atoms with Crippen LogP contribution in [-0.2, 0) is 9.53 Å². The topological polar surface area (TPSA) is 29.5 Å². The van der Waals surface area contributed by atoms with Crippen LogP contribution in [0.15, 0.2) is 0 Å². The highest BCUT2D eigenvalue weighted by molar-refractivity contribution is 5.76. The number of nitrogens with zero attached hydrogens (tertiary/aromatic N) is 1. The second-order valence-corrected chi connectivity index (χ2v) is 3.83. The normalized spacial score (nSPS) is 31.3. The second-order valence-electron chi connectivity index (χ2n) is 3.83. The SMILES string of the molecule is COC1CCC(=O)N(C)C(C)CC1. The predicted octanol–water partition coefficient (Wildman–Crippen LogP) is 1.42. The summed E-state index contributed by atoms with van der Waals surface area (Å²) in [5, 5.41) is 0. The molecular weight excluding hydrogens is 166 g/mol. The van der Waals surface area contributed by atoms with Crippen molar-refractivity contribution in [3.63, 3.8) is 0 Å². The van der Waals surface area contributed by atoms with Crippen LogP contribution in [0, 0.1) is 0 Å². The number of amides is 1. The number of methoxy groups -OCH3 is 1. The van der Waals surface area contributed by atoms with Gasteiger partial charge in [0.25, 0.3) is 0 Å². The van der Waals surface area contributed by atoms with Gasteiger partial charge in [-0.15, -0.1) is 0 Å². The van der Waals surface area contributed by atoms with E-state index in [4.69, 9.17) is 4.74 Å². The molecule has 1 saturated heterocycles. The molecule has 76 valence electrons. The van der Waals surface area contributed by atoms with Gasteiger partial charge in [0.1, 0.15) is 0 Å². The molecule has 0 N–H and O–H groups in total. The van der Waals surface area contributed by atoms with Crippen molar-refractivity contribution in [3.8, 4) is 0 Å². The van der Waals surface area contributed by atoms with Gasteiger partial charge in [-0.2, -0.15) is 0 Å². The highest BCUT2D eigenvalue weighted by Gasteiger charge is 2.22. The van der Waals surface area contributed by atoms with E-state index in [-0.39, 0.29) is 12.0 Å². The van der Waals surface area contributed by atoms with Gasteiger partial charge in [0.15, 0.2) is 0 Å². The van der Waals surface area contributed by atoms with Crippen LogP contribution in [0.1, 0.15) is 32.6 Å². The van der Waals surface area contributed by atoms with E-state index < -0.39 is 0 Å². The molecule has 0 aromatic rings. The van der Waals surface area contributed by atoms with Gasteiger partial charge in [-0.3, -0.25) is 4.79 Å². The molecule has 2 atom stereocenters. The molecule has 1 amide bonds. The van der Waals surface area contributed by atoms with Gasteiger partial charge < -0.3 is 9.64 Å². The fraction of sp³-hybridized carbons (Fsp3) is 0.900. The Balaban J connectivity index is 2.53. The van der Waals surface area contributed by atoms with Gasteiger partial charge in [-0.05, 0) is 26.2 Å². The van der Waals surface area contributed by atoms with Crippen molar-refractivity contribution in [2.75, 3.05) is 14.2 Å². The molecule has 2 unspecified atom stereocenters. The zero-order chi connectivity index (χ0) is 9.84. The Morgan fingerprint density at radius 2 is 2.08 bits per heavy atom. The van der Waals surface area contributed by atoms with Gasteiger partial charge in [-0.1, -0.05) is 0 Å². The highest BCUT2D eigenvalue weighted by Crippen LogP contribution is 2.17. The zero-order valence-electron chi connectivity index (χ0n) is 8.75. The van der Waals surface area contributed by atoms with E-state index in [1.807, 2.05) is 11.9 Å². The Morgan fingerprint density at radius 1 is 1.38 bits per heavy atom. The van der Waals surface area contributed by atoms with Crippen LogP contribution in [0.3, 0.4) is 0 Å². The number of hydrogen-bond donors (Lipinski definition) is 0. The number of carbonyl (C=O) groups is 1. The first-order valence-electron chi connectivity index (χ1n) is 4.93. The summed E-state index contributed by atoms with van der Waals surface area (Å²) in [6.45, 7) is 2.09. The molecule has 13 heavy (non-hydrogen) atoms. The van der Waals surface area contributed by atoms with Crippen molar-refractivity contribution >= 4 is 5.91 Å². The molecule has 3 heteroatoms. The first-order valence-corrected chi connectivity index (χ1v) is 4.93. The van der Waals surface area contributed by atoms with Gasteiger partial charge in [0.2, 0.25) is 5.91 Å². The Hall–Kier alpha value is -0.570. The van der Waals surface area contributed by atoms with E-state index in [0.29, 0.717) is 12.5 Å². The van der Waals surface area contributed by atoms with Crippen LogP contribution >= 0.6 is 0 Å². The lowest BCUT2D eigenvalue weighted by atomic mass is 10.0. The summed E-state index contributed by atoms with van der Waals surface area (Å²) in [4.78, 5) is 13.4. The lowest BCUT2D eigenvalue weighted by Crippen LogP contribution is -2.38. The van der Waals surface area contributed by atoms with Crippen molar-refractivity contribution < 1.29 is 9.53 Å². The summed E-state index contributed by atoms with van der Waals surface area (Å²) in [6, 6.07) is 0.352. The first-order chi connectivity index (χ1) is 6.15. The monoisotopic (exact) mass is 185 g/mol. The minimum Gasteiger partial charge on any atom is -0.381 e. The molecule has 0 radical (unpaired) electrons. The molecule has 0 spiro atoms. The number of likely N-dealkylation sites (tertiary alicyclic amines) is 1. The number of ether oxygens (including phenoxy) is 1. The molecule has 0 aromatic heterocycles. The van der Waals surface area contributed by atoms with Crippen LogP contribution in [0.5, 0.6) is 0 Å². The van der Waals surface area contributed by atoms with Crippen molar-refractivity contribution in [3.05, 3.63) is 0 Å². The summed E-state index contributed by atoms with van der Waals surface area (Å²) in [5.74, 6) is 0.245. The zero-order valence-corrected chi connectivity index (χ0v) is 8.75. The first kappa shape index (κ1) is 10.5. The van der Waals surface area contributed by atoms with Crippen molar-refractivity contribution in [1.29, 1.82) is 0 Å². The van der Waals surface area contributed by atoms with Crippen molar-refractivity contribution in [2.45, 2.75) is 44.8 Å². The highest BCUT2D eigenvalue weighted by atomic mass is 16.5. The van der Waals surface area contributed by atoms with E-state index >= 15 is 0 Å². The molecule has 1 aliphatic rings. The molecular formula is C10H19NO2. The summed E-state index contributed by atoms with van der Waals surface area (Å²) in [5.41, 5.74) is 0. The lowest BCUT2D eigenvalue weighted by molar-refractivity contribution is -0.133. The quantitative estimate of drug-likeness (QED) is 0.618. The summed E-state index contributed by atoms with van der Waals surface area (Å²) < 4.78 is 5.29. The number of carbonyl (C=O) groups excluding carboxylic acids is 1. The van der Waals surface area contributed by atoms with Gasteiger partial charge in [-0.25, -0.2) is 0 Å². The molecule has 1 fully saturated rings. The maximum Gasteiger partial charge on any atom is 0.222 e. The standard InChI is InChI=1S/C10H19NO2/c1-8-4-5-9(13-3)6-7-10(12)11(8)2/h8-9H,4-7H2,1-3H3. The maximum absolute atomic E-state index is 11.5. The largest absolute Gasteiger partial charge is 0.381 e. The third kappa shape index (κ3) is 2.69. The van der Waals surface area contributed by atoms with Crippen molar-refractivity contribution in [1.82, 2.24) is 4.90 Å². The average Bonchev–Trinajstić information content (AvgIpc) is 2.14. The van der Waals surface area contributed by atoms with E-state index in [9.17, 15) is 4.79 Å². The van der Waals surface area contributed by atoms with Gasteiger partial charge >= 0.3 is 0 Å².